The summed E-state index contributed by atoms with van der Waals surface area (Å²) in [5.41, 5.74) is 2.14. The third-order valence-electron chi connectivity index (χ3n) is 4.05. The second kappa shape index (κ2) is 8.81. The van der Waals surface area contributed by atoms with Gasteiger partial charge in [-0.15, -0.1) is 0 Å². The number of aromatic nitrogens is 1. The minimum Gasteiger partial charge on any atom is -0.495 e. The van der Waals surface area contributed by atoms with Crippen LogP contribution >= 0.6 is 0 Å². The lowest BCUT2D eigenvalue weighted by Gasteiger charge is -2.19. The van der Waals surface area contributed by atoms with Crippen LogP contribution in [-0.2, 0) is 9.53 Å². The lowest BCUT2D eigenvalue weighted by atomic mass is 10.1. The summed E-state index contributed by atoms with van der Waals surface area (Å²) in [6, 6.07) is 19.2. The molecule has 1 heterocycles. The maximum absolute atomic E-state index is 13.0. The number of amides is 1. The molecule has 0 radical (unpaired) electrons. The Kier molecular flexibility index (Phi) is 6.01. The van der Waals surface area contributed by atoms with Gasteiger partial charge in [-0.05, 0) is 36.8 Å². The number of benzene rings is 2. The zero-order chi connectivity index (χ0) is 19.9. The lowest BCUT2D eigenvalue weighted by molar-refractivity contribution is -0.125. The van der Waals surface area contributed by atoms with E-state index in [-0.39, 0.29) is 5.69 Å². The monoisotopic (exact) mass is 376 g/mol. The number of hydrogen-bond acceptors (Lipinski definition) is 5. The minimum atomic E-state index is -1.14. The molecule has 2 aromatic carbocycles. The van der Waals surface area contributed by atoms with Crippen molar-refractivity contribution < 1.29 is 19.1 Å². The third-order valence-corrected chi connectivity index (χ3v) is 4.05. The molecule has 0 aliphatic rings. The number of methoxy groups -OCH3 is 1. The minimum absolute atomic E-state index is 0.129. The maximum Gasteiger partial charge on any atom is 0.358 e. The van der Waals surface area contributed by atoms with Gasteiger partial charge in [0.25, 0.3) is 5.91 Å². The first-order valence-electron chi connectivity index (χ1n) is 8.71. The highest BCUT2D eigenvalue weighted by molar-refractivity contribution is 5.98. The van der Waals surface area contributed by atoms with E-state index in [4.69, 9.17) is 9.47 Å². The Balaban J connectivity index is 1.88. The summed E-state index contributed by atoms with van der Waals surface area (Å²) in [6.45, 7) is 1.91. The summed E-state index contributed by atoms with van der Waals surface area (Å²) in [7, 11) is 1.52. The lowest BCUT2D eigenvalue weighted by Crippen LogP contribution is -2.26. The number of nitrogens with zero attached hydrogens (tertiary/aromatic N) is 1. The molecule has 0 saturated carbocycles. The topological polar surface area (TPSA) is 77.5 Å². The summed E-state index contributed by atoms with van der Waals surface area (Å²) in [4.78, 5) is 29.4. The van der Waals surface area contributed by atoms with E-state index in [1.54, 1.807) is 48.5 Å². The van der Waals surface area contributed by atoms with Crippen molar-refractivity contribution in [3.05, 3.63) is 89.7 Å². The van der Waals surface area contributed by atoms with Crippen LogP contribution in [0.1, 0.15) is 27.7 Å². The van der Waals surface area contributed by atoms with Crippen LogP contribution < -0.4 is 10.1 Å². The second-order valence-electron chi connectivity index (χ2n) is 6.10. The van der Waals surface area contributed by atoms with Crippen molar-refractivity contribution in [2.75, 3.05) is 12.4 Å². The van der Waals surface area contributed by atoms with Gasteiger partial charge in [-0.1, -0.05) is 42.5 Å². The van der Waals surface area contributed by atoms with Crippen LogP contribution in [0.15, 0.2) is 72.9 Å². The van der Waals surface area contributed by atoms with Gasteiger partial charge in [0.05, 0.1) is 12.8 Å². The molecule has 0 spiro atoms. The SMILES string of the molecule is COc1ccc(C)cc1NC(=O)[C@H](OC(=O)c1ccccn1)c1ccccc1. The van der Waals surface area contributed by atoms with Gasteiger partial charge in [-0.2, -0.15) is 0 Å². The van der Waals surface area contributed by atoms with E-state index in [2.05, 4.69) is 10.3 Å². The Morgan fingerprint density at radius 2 is 1.75 bits per heavy atom. The summed E-state index contributed by atoms with van der Waals surface area (Å²) in [5.74, 6) is -0.651. The van der Waals surface area contributed by atoms with Gasteiger partial charge in [0.1, 0.15) is 11.4 Å². The highest BCUT2D eigenvalue weighted by Crippen LogP contribution is 2.28. The first-order chi connectivity index (χ1) is 13.6. The highest BCUT2D eigenvalue weighted by atomic mass is 16.5. The fraction of sp³-hybridized carbons (Fsp3) is 0.136. The predicted molar refractivity (Wildman–Crippen MR) is 105 cm³/mol. The molecule has 28 heavy (non-hydrogen) atoms. The number of esters is 1. The smallest absolute Gasteiger partial charge is 0.358 e. The van der Waals surface area contributed by atoms with E-state index < -0.39 is 18.0 Å². The molecule has 3 aromatic rings. The van der Waals surface area contributed by atoms with Crippen LogP contribution in [0, 0.1) is 6.92 Å². The molecule has 1 amide bonds. The van der Waals surface area contributed by atoms with Crippen LogP contribution in [0.5, 0.6) is 5.75 Å². The van der Waals surface area contributed by atoms with Gasteiger partial charge < -0.3 is 14.8 Å². The first kappa shape index (κ1) is 19.1. The molecule has 1 atom stereocenters. The van der Waals surface area contributed by atoms with Crippen molar-refractivity contribution in [1.82, 2.24) is 4.98 Å². The van der Waals surface area contributed by atoms with Gasteiger partial charge >= 0.3 is 5.97 Å². The Morgan fingerprint density at radius 3 is 2.43 bits per heavy atom. The Morgan fingerprint density at radius 1 is 1.00 bits per heavy atom. The standard InChI is InChI=1S/C22H20N2O4/c1-15-11-12-19(27-2)18(14-15)24-21(25)20(16-8-4-3-5-9-16)28-22(26)17-10-6-7-13-23-17/h3-14,20H,1-2H3,(H,24,25)/t20-/m1/s1. The predicted octanol–water partition coefficient (Wildman–Crippen LogP) is 3.94. The fourth-order valence-corrected chi connectivity index (χ4v) is 2.67. The molecule has 0 fully saturated rings. The van der Waals surface area contributed by atoms with Crippen molar-refractivity contribution in [1.29, 1.82) is 0 Å². The number of anilines is 1. The van der Waals surface area contributed by atoms with Crippen molar-refractivity contribution in [2.45, 2.75) is 13.0 Å². The number of pyridine rings is 1. The number of ether oxygens (including phenoxy) is 2. The quantitative estimate of drug-likeness (QED) is 0.660. The van der Waals surface area contributed by atoms with Crippen LogP contribution in [0.4, 0.5) is 5.69 Å². The second-order valence-corrected chi connectivity index (χ2v) is 6.10. The molecule has 6 heteroatoms. The molecular weight excluding hydrogens is 356 g/mol. The number of nitrogens with one attached hydrogen (secondary N) is 1. The Bertz CT molecular complexity index is 959. The van der Waals surface area contributed by atoms with Crippen LogP contribution in [-0.4, -0.2) is 24.0 Å². The average Bonchev–Trinajstić information content (AvgIpc) is 2.73. The molecule has 6 nitrogen and oxygen atoms in total. The molecule has 0 bridgehead atoms. The van der Waals surface area contributed by atoms with E-state index in [9.17, 15) is 9.59 Å². The molecule has 0 saturated heterocycles. The largest absolute Gasteiger partial charge is 0.495 e. The number of hydrogen-bond donors (Lipinski definition) is 1. The van der Waals surface area contributed by atoms with Gasteiger partial charge in [-0.25, -0.2) is 9.78 Å². The zero-order valence-electron chi connectivity index (χ0n) is 15.6. The van der Waals surface area contributed by atoms with E-state index in [0.29, 0.717) is 17.0 Å². The Hall–Kier alpha value is -3.67. The summed E-state index contributed by atoms with van der Waals surface area (Å²) in [5, 5.41) is 2.80. The highest BCUT2D eigenvalue weighted by Gasteiger charge is 2.27. The normalized spacial score (nSPS) is 11.4. The number of rotatable bonds is 6. The number of carbonyl (C=O) groups is 2. The van der Waals surface area contributed by atoms with Crippen molar-refractivity contribution in [3.63, 3.8) is 0 Å². The van der Waals surface area contributed by atoms with Crippen molar-refractivity contribution >= 4 is 17.6 Å². The van der Waals surface area contributed by atoms with Crippen molar-refractivity contribution in [2.24, 2.45) is 0 Å². The van der Waals surface area contributed by atoms with Gasteiger partial charge in [0, 0.05) is 11.8 Å². The van der Waals surface area contributed by atoms with Crippen LogP contribution in [0.2, 0.25) is 0 Å². The fourth-order valence-electron chi connectivity index (χ4n) is 2.67. The van der Waals surface area contributed by atoms with Crippen LogP contribution in [0.3, 0.4) is 0 Å². The first-order valence-corrected chi connectivity index (χ1v) is 8.71. The summed E-state index contributed by atoms with van der Waals surface area (Å²) < 4.78 is 10.8. The molecule has 1 N–H and O–H groups in total. The van der Waals surface area contributed by atoms with Gasteiger partial charge in [-0.3, -0.25) is 4.79 Å². The number of aryl methyl sites for hydroxylation is 1. The molecular formula is C22H20N2O4. The average molecular weight is 376 g/mol. The molecule has 0 aliphatic carbocycles. The van der Waals surface area contributed by atoms with Gasteiger partial charge in [0.15, 0.2) is 0 Å². The van der Waals surface area contributed by atoms with E-state index in [1.807, 2.05) is 19.1 Å². The summed E-state index contributed by atoms with van der Waals surface area (Å²) >= 11 is 0. The third kappa shape index (κ3) is 4.54. The number of carbonyl (C=O) groups excluding carboxylic acids is 2. The summed E-state index contributed by atoms with van der Waals surface area (Å²) in [6.07, 6.45) is 0.354. The zero-order valence-corrected chi connectivity index (χ0v) is 15.6. The molecule has 3 rings (SSSR count). The van der Waals surface area contributed by atoms with E-state index in [1.165, 1.54) is 19.4 Å². The van der Waals surface area contributed by atoms with Crippen LogP contribution in [0.25, 0.3) is 0 Å². The maximum atomic E-state index is 13.0. The van der Waals surface area contributed by atoms with Gasteiger partial charge in [0.2, 0.25) is 6.10 Å². The molecule has 0 unspecified atom stereocenters. The molecule has 142 valence electrons. The molecule has 1 aromatic heterocycles. The van der Waals surface area contributed by atoms with E-state index >= 15 is 0 Å². The van der Waals surface area contributed by atoms with Crippen molar-refractivity contribution in [3.8, 4) is 5.75 Å². The van der Waals surface area contributed by atoms with E-state index in [0.717, 1.165) is 5.56 Å². The molecule has 0 aliphatic heterocycles. The Labute approximate surface area is 163 Å².